The number of aromatic nitrogens is 2. The third kappa shape index (κ3) is 2.30. The van der Waals surface area contributed by atoms with E-state index in [1.807, 2.05) is 0 Å². The van der Waals surface area contributed by atoms with Crippen LogP contribution in [0.15, 0.2) is 6.20 Å². The molecule has 1 rings (SSSR count). The first-order valence-electron chi connectivity index (χ1n) is 4.82. The van der Waals surface area contributed by atoms with Gasteiger partial charge in [-0.2, -0.15) is 5.10 Å². The van der Waals surface area contributed by atoms with Gasteiger partial charge in [0.1, 0.15) is 5.69 Å². The van der Waals surface area contributed by atoms with Gasteiger partial charge in [0.25, 0.3) is 5.91 Å². The van der Waals surface area contributed by atoms with E-state index in [0.717, 1.165) is 0 Å². The topological polar surface area (TPSA) is 107 Å². The number of amides is 2. The lowest BCUT2D eigenvalue weighted by molar-refractivity contribution is -0.118. The SMILES string of the molecule is CCN(CC(N)=O)C(=O)c1c(N)cnn1C. The second-order valence-corrected chi connectivity index (χ2v) is 3.36. The van der Waals surface area contributed by atoms with Gasteiger partial charge in [-0.1, -0.05) is 0 Å². The fraction of sp³-hybridized carbons (Fsp3) is 0.444. The minimum atomic E-state index is -0.559. The zero-order chi connectivity index (χ0) is 12.3. The Morgan fingerprint density at radius 3 is 2.56 bits per heavy atom. The molecule has 0 atom stereocenters. The molecule has 0 aliphatic heterocycles. The van der Waals surface area contributed by atoms with Crippen molar-refractivity contribution in [2.24, 2.45) is 12.8 Å². The third-order valence-corrected chi connectivity index (χ3v) is 2.19. The van der Waals surface area contributed by atoms with Gasteiger partial charge < -0.3 is 16.4 Å². The van der Waals surface area contributed by atoms with Gasteiger partial charge in [-0.3, -0.25) is 14.3 Å². The average Bonchev–Trinajstić information content (AvgIpc) is 2.54. The summed E-state index contributed by atoms with van der Waals surface area (Å²) in [5.41, 5.74) is 11.2. The fourth-order valence-electron chi connectivity index (χ4n) is 1.38. The number of anilines is 1. The second kappa shape index (κ2) is 4.65. The van der Waals surface area contributed by atoms with Crippen molar-refractivity contribution >= 4 is 17.5 Å². The molecule has 0 saturated heterocycles. The van der Waals surface area contributed by atoms with Crippen molar-refractivity contribution < 1.29 is 9.59 Å². The summed E-state index contributed by atoms with van der Waals surface area (Å²) in [7, 11) is 1.61. The van der Waals surface area contributed by atoms with Gasteiger partial charge in [-0.25, -0.2) is 0 Å². The monoisotopic (exact) mass is 225 g/mol. The zero-order valence-corrected chi connectivity index (χ0v) is 9.30. The van der Waals surface area contributed by atoms with E-state index in [4.69, 9.17) is 11.5 Å². The first-order valence-corrected chi connectivity index (χ1v) is 4.82. The van der Waals surface area contributed by atoms with Crippen molar-refractivity contribution in [3.05, 3.63) is 11.9 Å². The van der Waals surface area contributed by atoms with Crippen LogP contribution in [0.4, 0.5) is 5.69 Å². The van der Waals surface area contributed by atoms with E-state index in [9.17, 15) is 9.59 Å². The minimum absolute atomic E-state index is 0.125. The maximum absolute atomic E-state index is 12.0. The number of carbonyl (C=O) groups excluding carboxylic acids is 2. The van der Waals surface area contributed by atoms with Crippen LogP contribution in [0.1, 0.15) is 17.4 Å². The summed E-state index contributed by atoms with van der Waals surface area (Å²) in [6, 6.07) is 0. The van der Waals surface area contributed by atoms with Crippen LogP contribution in [-0.2, 0) is 11.8 Å². The molecule has 0 bridgehead atoms. The largest absolute Gasteiger partial charge is 0.396 e. The van der Waals surface area contributed by atoms with Gasteiger partial charge in [0.2, 0.25) is 5.91 Å². The molecule has 0 saturated carbocycles. The van der Waals surface area contributed by atoms with Crippen molar-refractivity contribution in [2.45, 2.75) is 6.92 Å². The lowest BCUT2D eigenvalue weighted by atomic mass is 10.3. The van der Waals surface area contributed by atoms with Crippen LogP contribution >= 0.6 is 0 Å². The Bertz CT molecular complexity index is 393. The Morgan fingerprint density at radius 2 is 2.19 bits per heavy atom. The lowest BCUT2D eigenvalue weighted by Gasteiger charge is -2.19. The van der Waals surface area contributed by atoms with Gasteiger partial charge in [0, 0.05) is 13.6 Å². The van der Waals surface area contributed by atoms with Crippen molar-refractivity contribution in [3.63, 3.8) is 0 Å². The number of likely N-dealkylation sites (N-methyl/N-ethyl adjacent to an activating group) is 1. The fourth-order valence-corrected chi connectivity index (χ4v) is 1.38. The summed E-state index contributed by atoms with van der Waals surface area (Å²) < 4.78 is 1.38. The molecule has 0 spiro atoms. The van der Waals surface area contributed by atoms with Gasteiger partial charge >= 0.3 is 0 Å². The highest BCUT2D eigenvalue weighted by atomic mass is 16.2. The summed E-state index contributed by atoms with van der Waals surface area (Å²) in [6.45, 7) is 2.01. The lowest BCUT2D eigenvalue weighted by Crippen LogP contribution is -2.39. The number of nitrogen functional groups attached to an aromatic ring is 1. The van der Waals surface area contributed by atoms with Crippen LogP contribution in [0.3, 0.4) is 0 Å². The highest BCUT2D eigenvalue weighted by Crippen LogP contribution is 2.12. The molecular formula is C9H15N5O2. The molecule has 0 aromatic carbocycles. The molecule has 88 valence electrons. The summed E-state index contributed by atoms with van der Waals surface area (Å²) in [5, 5.41) is 3.86. The van der Waals surface area contributed by atoms with Crippen molar-refractivity contribution in [2.75, 3.05) is 18.8 Å². The third-order valence-electron chi connectivity index (χ3n) is 2.19. The molecule has 1 aromatic rings. The molecule has 1 aromatic heterocycles. The van der Waals surface area contributed by atoms with Gasteiger partial charge in [-0.05, 0) is 6.92 Å². The number of nitrogens with zero attached hydrogens (tertiary/aromatic N) is 3. The Kier molecular flexibility index (Phi) is 3.49. The van der Waals surface area contributed by atoms with Crippen molar-refractivity contribution in [1.82, 2.24) is 14.7 Å². The normalized spacial score (nSPS) is 10.1. The summed E-state index contributed by atoms with van der Waals surface area (Å²) in [5.74, 6) is -0.908. The molecule has 1 heterocycles. The smallest absolute Gasteiger partial charge is 0.274 e. The molecule has 4 N–H and O–H groups in total. The molecule has 0 aliphatic carbocycles. The van der Waals surface area contributed by atoms with E-state index in [-0.39, 0.29) is 23.8 Å². The van der Waals surface area contributed by atoms with Crippen LogP contribution in [0.5, 0.6) is 0 Å². The quantitative estimate of drug-likeness (QED) is 0.681. The number of carbonyl (C=O) groups is 2. The van der Waals surface area contributed by atoms with E-state index in [1.54, 1.807) is 14.0 Å². The van der Waals surface area contributed by atoms with Crippen LogP contribution in [0.2, 0.25) is 0 Å². The van der Waals surface area contributed by atoms with E-state index in [2.05, 4.69) is 5.10 Å². The van der Waals surface area contributed by atoms with Crippen LogP contribution in [-0.4, -0.2) is 39.6 Å². The number of hydrogen-bond acceptors (Lipinski definition) is 4. The summed E-state index contributed by atoms with van der Waals surface area (Å²) in [4.78, 5) is 24.1. The Labute approximate surface area is 93.0 Å². The first kappa shape index (κ1) is 12.0. The Morgan fingerprint density at radius 1 is 1.56 bits per heavy atom. The highest BCUT2D eigenvalue weighted by molar-refractivity contribution is 5.98. The highest BCUT2D eigenvalue weighted by Gasteiger charge is 2.21. The predicted molar refractivity (Wildman–Crippen MR) is 58.4 cm³/mol. The molecule has 0 fully saturated rings. The van der Waals surface area contributed by atoms with Crippen molar-refractivity contribution in [1.29, 1.82) is 0 Å². The molecule has 7 nitrogen and oxygen atoms in total. The van der Waals surface area contributed by atoms with E-state index < -0.39 is 5.91 Å². The molecular weight excluding hydrogens is 210 g/mol. The number of primary amides is 1. The number of aryl methyl sites for hydroxylation is 1. The second-order valence-electron chi connectivity index (χ2n) is 3.36. The van der Waals surface area contributed by atoms with Gasteiger partial charge in [0.05, 0.1) is 18.4 Å². The molecule has 0 radical (unpaired) electrons. The number of nitrogens with two attached hydrogens (primary N) is 2. The number of rotatable bonds is 4. The Hall–Kier alpha value is -2.05. The van der Waals surface area contributed by atoms with Crippen LogP contribution < -0.4 is 11.5 Å². The first-order chi connectivity index (χ1) is 7.47. The Balaban J connectivity index is 2.95. The molecule has 7 heteroatoms. The average molecular weight is 225 g/mol. The molecule has 16 heavy (non-hydrogen) atoms. The molecule has 0 aliphatic rings. The summed E-state index contributed by atoms with van der Waals surface area (Å²) >= 11 is 0. The molecule has 2 amide bonds. The van der Waals surface area contributed by atoms with Crippen molar-refractivity contribution in [3.8, 4) is 0 Å². The number of hydrogen-bond donors (Lipinski definition) is 2. The van der Waals surface area contributed by atoms with Crippen LogP contribution in [0.25, 0.3) is 0 Å². The summed E-state index contributed by atoms with van der Waals surface area (Å²) in [6.07, 6.45) is 1.39. The van der Waals surface area contributed by atoms with Gasteiger partial charge in [0.15, 0.2) is 0 Å². The molecule has 0 unspecified atom stereocenters. The van der Waals surface area contributed by atoms with E-state index in [0.29, 0.717) is 6.54 Å². The van der Waals surface area contributed by atoms with E-state index >= 15 is 0 Å². The zero-order valence-electron chi connectivity index (χ0n) is 9.30. The maximum Gasteiger partial charge on any atom is 0.274 e. The standard InChI is InChI=1S/C9H15N5O2/c1-3-14(5-7(11)15)9(16)8-6(10)4-12-13(8)2/h4H,3,5,10H2,1-2H3,(H2,11,15). The van der Waals surface area contributed by atoms with Crippen LogP contribution in [0, 0.1) is 0 Å². The van der Waals surface area contributed by atoms with Gasteiger partial charge in [-0.15, -0.1) is 0 Å². The predicted octanol–water partition coefficient (Wildman–Crippen LogP) is -1.05. The maximum atomic E-state index is 12.0. The van der Waals surface area contributed by atoms with E-state index in [1.165, 1.54) is 15.8 Å². The minimum Gasteiger partial charge on any atom is -0.396 e.